The Labute approximate surface area is 325 Å². The second kappa shape index (κ2) is 22.2. The number of methoxy groups -OCH3 is 1. The lowest BCUT2D eigenvalue weighted by Crippen LogP contribution is -2.29. The Hall–Kier alpha value is -6.05. The molecule has 0 aliphatic heterocycles. The third-order valence-corrected chi connectivity index (χ3v) is 8.82. The van der Waals surface area contributed by atoms with E-state index in [9.17, 15) is 9.90 Å². The lowest BCUT2D eigenvalue weighted by atomic mass is 10.1. The lowest BCUT2D eigenvalue weighted by Gasteiger charge is -2.15. The molecule has 0 bridgehead atoms. The van der Waals surface area contributed by atoms with Crippen LogP contribution in [0.15, 0.2) is 164 Å². The minimum atomic E-state index is -0.984. The molecular weight excluding hydrogens is 689 g/mol. The zero-order valence-corrected chi connectivity index (χ0v) is 31.6. The molecule has 2 unspecified atom stereocenters. The number of carboxylic acids is 1. The van der Waals surface area contributed by atoms with E-state index in [-0.39, 0.29) is 12.5 Å². The SMILES string of the molecule is COC(C)Cc1ccc(OCCc2ccc(OCc3ccccc3)cc2)cc1.O=C(O)C(Cc1ccc(OCCc2ccccc2)cc1)Oc1ccccc1. The highest BCUT2D eigenvalue weighted by Crippen LogP contribution is 2.19. The first kappa shape index (κ1) is 40.1. The van der Waals surface area contributed by atoms with E-state index in [2.05, 4.69) is 55.5 Å². The number of carboxylic acid groups (broad SMARTS) is 1. The summed E-state index contributed by atoms with van der Waals surface area (Å²) < 4.78 is 28.4. The standard InChI is InChI=1S/C25H28O3.C23H22O4/c1-20(26-2)18-22-10-14-24(15-11-22)27-17-16-21-8-12-25(13-9-21)28-19-23-6-4-3-5-7-23;24-23(25)22(27-21-9-5-2-6-10-21)17-19-11-13-20(14-12-19)26-16-15-18-7-3-1-4-8-18/h3-15,20H,16-19H2,1-2H3;1-14,22H,15-17H2,(H,24,25). The second-order valence-corrected chi connectivity index (χ2v) is 13.1. The van der Waals surface area contributed by atoms with Crippen LogP contribution in [0.25, 0.3) is 0 Å². The molecule has 1 N–H and O–H groups in total. The van der Waals surface area contributed by atoms with Crippen molar-refractivity contribution in [3.05, 3.63) is 192 Å². The van der Waals surface area contributed by atoms with Crippen LogP contribution in [0.5, 0.6) is 23.0 Å². The van der Waals surface area contributed by atoms with Gasteiger partial charge in [-0.15, -0.1) is 0 Å². The summed E-state index contributed by atoms with van der Waals surface area (Å²) in [4.78, 5) is 11.5. The van der Waals surface area contributed by atoms with Crippen LogP contribution in [-0.2, 0) is 41.8 Å². The molecule has 284 valence electrons. The first-order valence-corrected chi connectivity index (χ1v) is 18.6. The number of hydrogen-bond donors (Lipinski definition) is 1. The Morgan fingerprint density at radius 1 is 0.491 bits per heavy atom. The molecule has 7 heteroatoms. The van der Waals surface area contributed by atoms with E-state index in [1.54, 1.807) is 19.2 Å². The molecule has 0 amide bonds. The summed E-state index contributed by atoms with van der Waals surface area (Å²) >= 11 is 0. The molecule has 0 radical (unpaired) electrons. The number of rotatable bonds is 19. The van der Waals surface area contributed by atoms with Gasteiger partial charge in [0.25, 0.3) is 0 Å². The van der Waals surface area contributed by atoms with Crippen LogP contribution in [-0.4, -0.2) is 43.6 Å². The summed E-state index contributed by atoms with van der Waals surface area (Å²) in [5.41, 5.74) is 5.78. The van der Waals surface area contributed by atoms with Crippen molar-refractivity contribution in [2.75, 3.05) is 20.3 Å². The van der Waals surface area contributed by atoms with Crippen LogP contribution in [0, 0.1) is 0 Å². The highest BCUT2D eigenvalue weighted by atomic mass is 16.5. The van der Waals surface area contributed by atoms with Crippen molar-refractivity contribution >= 4 is 5.97 Å². The van der Waals surface area contributed by atoms with E-state index in [1.165, 1.54) is 22.3 Å². The Bertz CT molecular complexity index is 1930. The molecule has 2 atom stereocenters. The zero-order chi connectivity index (χ0) is 38.5. The molecular formula is C48H50O7. The number of carbonyl (C=O) groups is 1. The van der Waals surface area contributed by atoms with Crippen LogP contribution in [0.4, 0.5) is 0 Å². The van der Waals surface area contributed by atoms with E-state index in [4.69, 9.17) is 23.7 Å². The maximum absolute atomic E-state index is 11.5. The van der Waals surface area contributed by atoms with Crippen molar-refractivity contribution in [3.8, 4) is 23.0 Å². The molecule has 6 aromatic rings. The zero-order valence-electron chi connectivity index (χ0n) is 31.6. The molecule has 7 nitrogen and oxygen atoms in total. The fourth-order valence-corrected chi connectivity index (χ4v) is 5.63. The van der Waals surface area contributed by atoms with Crippen LogP contribution >= 0.6 is 0 Å². The van der Waals surface area contributed by atoms with Gasteiger partial charge in [-0.05, 0) is 89.7 Å². The van der Waals surface area contributed by atoms with Gasteiger partial charge in [0, 0.05) is 26.4 Å². The summed E-state index contributed by atoms with van der Waals surface area (Å²) in [6.45, 7) is 3.90. The first-order valence-electron chi connectivity index (χ1n) is 18.6. The predicted octanol–water partition coefficient (Wildman–Crippen LogP) is 9.85. The van der Waals surface area contributed by atoms with Crippen LogP contribution in [0.2, 0.25) is 0 Å². The van der Waals surface area contributed by atoms with Gasteiger partial charge in [-0.2, -0.15) is 0 Å². The molecule has 0 saturated heterocycles. The Morgan fingerprint density at radius 3 is 1.40 bits per heavy atom. The number of benzene rings is 6. The number of para-hydroxylation sites is 1. The van der Waals surface area contributed by atoms with Crippen molar-refractivity contribution in [3.63, 3.8) is 0 Å². The van der Waals surface area contributed by atoms with Gasteiger partial charge in [-0.25, -0.2) is 4.79 Å². The largest absolute Gasteiger partial charge is 0.493 e. The summed E-state index contributed by atoms with van der Waals surface area (Å²) in [7, 11) is 1.74. The fraction of sp³-hybridized carbons (Fsp3) is 0.229. The predicted molar refractivity (Wildman–Crippen MR) is 217 cm³/mol. The van der Waals surface area contributed by atoms with Gasteiger partial charge in [0.05, 0.1) is 19.3 Å². The van der Waals surface area contributed by atoms with Gasteiger partial charge < -0.3 is 28.8 Å². The van der Waals surface area contributed by atoms with Gasteiger partial charge in [0.15, 0.2) is 6.10 Å². The minimum absolute atomic E-state index is 0.228. The summed E-state index contributed by atoms with van der Waals surface area (Å²) in [5, 5.41) is 9.43. The normalized spacial score (nSPS) is 11.7. The minimum Gasteiger partial charge on any atom is -0.493 e. The Morgan fingerprint density at radius 2 is 0.909 bits per heavy atom. The monoisotopic (exact) mass is 738 g/mol. The molecule has 0 aromatic heterocycles. The fourth-order valence-electron chi connectivity index (χ4n) is 5.63. The van der Waals surface area contributed by atoms with Gasteiger partial charge >= 0.3 is 5.97 Å². The first-order chi connectivity index (χ1) is 26.9. The quantitative estimate of drug-likeness (QED) is 0.0886. The molecule has 6 aromatic carbocycles. The van der Waals surface area contributed by atoms with Crippen molar-refractivity contribution in [2.45, 2.75) is 51.4 Å². The van der Waals surface area contributed by atoms with Gasteiger partial charge in [0.2, 0.25) is 0 Å². The van der Waals surface area contributed by atoms with Crippen LogP contribution < -0.4 is 18.9 Å². The third-order valence-electron chi connectivity index (χ3n) is 8.82. The molecule has 0 fully saturated rings. The molecule has 55 heavy (non-hydrogen) atoms. The lowest BCUT2D eigenvalue weighted by molar-refractivity contribution is -0.145. The van der Waals surface area contributed by atoms with Crippen LogP contribution in [0.1, 0.15) is 34.7 Å². The number of aliphatic carboxylic acids is 1. The second-order valence-electron chi connectivity index (χ2n) is 13.1. The maximum atomic E-state index is 11.5. The number of ether oxygens (including phenoxy) is 5. The average Bonchev–Trinajstić information content (AvgIpc) is 3.23. The maximum Gasteiger partial charge on any atom is 0.345 e. The van der Waals surface area contributed by atoms with Crippen molar-refractivity contribution in [2.24, 2.45) is 0 Å². The van der Waals surface area contributed by atoms with E-state index in [1.807, 2.05) is 103 Å². The van der Waals surface area contributed by atoms with E-state index < -0.39 is 12.1 Å². The van der Waals surface area contributed by atoms with E-state index >= 15 is 0 Å². The average molecular weight is 739 g/mol. The van der Waals surface area contributed by atoms with Crippen molar-refractivity contribution in [1.29, 1.82) is 0 Å². The summed E-state index contributed by atoms with van der Waals surface area (Å²) in [6.07, 6.45) is 2.20. The van der Waals surface area contributed by atoms with Crippen molar-refractivity contribution < 1.29 is 33.6 Å². The molecule has 0 spiro atoms. The van der Waals surface area contributed by atoms with E-state index in [0.29, 0.717) is 25.6 Å². The molecule has 0 aliphatic carbocycles. The third kappa shape index (κ3) is 14.7. The highest BCUT2D eigenvalue weighted by molar-refractivity contribution is 5.73. The Kier molecular flexibility index (Phi) is 16.2. The molecule has 0 saturated carbocycles. The van der Waals surface area contributed by atoms with Crippen molar-refractivity contribution in [1.82, 2.24) is 0 Å². The molecule has 0 heterocycles. The Balaban J connectivity index is 0.000000211. The smallest absolute Gasteiger partial charge is 0.345 e. The van der Waals surface area contributed by atoms with Gasteiger partial charge in [0.1, 0.15) is 29.6 Å². The molecule has 6 rings (SSSR count). The summed E-state index contributed by atoms with van der Waals surface area (Å²) in [6, 6.07) is 53.3. The van der Waals surface area contributed by atoms with Crippen LogP contribution in [0.3, 0.4) is 0 Å². The topological polar surface area (TPSA) is 83.5 Å². The highest BCUT2D eigenvalue weighted by Gasteiger charge is 2.20. The number of hydrogen-bond acceptors (Lipinski definition) is 6. The van der Waals surface area contributed by atoms with E-state index in [0.717, 1.165) is 42.1 Å². The molecule has 0 aliphatic rings. The van der Waals surface area contributed by atoms with Gasteiger partial charge in [-0.1, -0.05) is 115 Å². The summed E-state index contributed by atoms with van der Waals surface area (Å²) in [5.74, 6) is 2.12. The van der Waals surface area contributed by atoms with Gasteiger partial charge in [-0.3, -0.25) is 0 Å².